The number of nitrogens with one attached hydrogen (secondary N) is 1. The van der Waals surface area contributed by atoms with Gasteiger partial charge >= 0.3 is 0 Å². The molecule has 0 radical (unpaired) electrons. The predicted octanol–water partition coefficient (Wildman–Crippen LogP) is 4.39. The molecule has 0 amide bonds. The van der Waals surface area contributed by atoms with E-state index in [2.05, 4.69) is 14.9 Å². The molecule has 3 heterocycles. The number of fused-ring (bicyclic) bond motifs is 2. The molecule has 10 heteroatoms. The first-order valence-electron chi connectivity index (χ1n) is 12.1. The maximum atomic E-state index is 13.6. The second-order valence-corrected chi connectivity index (χ2v) is 9.23. The first-order valence-corrected chi connectivity index (χ1v) is 12.1. The second kappa shape index (κ2) is 9.20. The fourth-order valence-corrected chi connectivity index (χ4v) is 4.87. The van der Waals surface area contributed by atoms with E-state index >= 15 is 0 Å². The average Bonchev–Trinajstić information content (AvgIpc) is 3.25. The number of aromatic nitrogens is 4. The number of para-hydroxylation sites is 2. The normalized spacial score (nSPS) is 14.5. The van der Waals surface area contributed by atoms with Gasteiger partial charge in [0.05, 0.1) is 28.5 Å². The Morgan fingerprint density at radius 2 is 1.65 bits per heavy atom. The first-order chi connectivity index (χ1) is 18.0. The summed E-state index contributed by atoms with van der Waals surface area (Å²) in [5.41, 5.74) is 2.44. The monoisotopic (exact) mass is 502 g/mol. The SMILES string of the molecule is O=c1c2cc(F)ccc2nc(N2CCC(Nc3nc4ccccc4n3Cc3ccc(F)cc3)CC2)n1O. The molecule has 188 valence electrons. The fourth-order valence-electron chi connectivity index (χ4n) is 4.87. The Morgan fingerprint density at radius 3 is 2.43 bits per heavy atom. The van der Waals surface area contributed by atoms with Crippen LogP contribution in [0.3, 0.4) is 0 Å². The van der Waals surface area contributed by atoms with Crippen LogP contribution in [0, 0.1) is 11.6 Å². The van der Waals surface area contributed by atoms with Gasteiger partial charge in [-0.05, 0) is 60.9 Å². The summed E-state index contributed by atoms with van der Waals surface area (Å²) < 4.78 is 29.6. The molecule has 0 unspecified atom stereocenters. The van der Waals surface area contributed by atoms with Crippen molar-refractivity contribution in [2.75, 3.05) is 23.3 Å². The summed E-state index contributed by atoms with van der Waals surface area (Å²) in [7, 11) is 0. The molecule has 1 aliphatic rings. The van der Waals surface area contributed by atoms with Crippen molar-refractivity contribution in [3.05, 3.63) is 94.3 Å². The molecule has 1 fully saturated rings. The highest BCUT2D eigenvalue weighted by atomic mass is 19.1. The molecule has 0 aliphatic carbocycles. The maximum absolute atomic E-state index is 13.6. The Balaban J connectivity index is 1.22. The van der Waals surface area contributed by atoms with E-state index in [0.29, 0.717) is 29.9 Å². The molecular formula is C27H24F2N6O2. The Bertz CT molecular complexity index is 1660. The van der Waals surface area contributed by atoms with Crippen molar-refractivity contribution >= 4 is 33.8 Å². The highest BCUT2D eigenvalue weighted by molar-refractivity contribution is 5.79. The Hall–Kier alpha value is -4.47. The van der Waals surface area contributed by atoms with Crippen molar-refractivity contribution in [1.29, 1.82) is 0 Å². The zero-order valence-corrected chi connectivity index (χ0v) is 19.8. The predicted molar refractivity (Wildman–Crippen MR) is 137 cm³/mol. The van der Waals surface area contributed by atoms with Crippen molar-refractivity contribution in [2.45, 2.75) is 25.4 Å². The standard InChI is InChI=1S/C27H24F2N6O2/c28-18-7-5-17(6-8-18)16-34-24-4-2-1-3-23(24)31-26(34)30-20-11-13-33(14-12-20)27-32-22-10-9-19(29)15-21(22)25(36)35(27)37/h1-10,15,20,37H,11-14,16H2,(H,30,31). The topological polar surface area (TPSA) is 88.2 Å². The minimum absolute atomic E-state index is 0.0304. The molecule has 2 aromatic heterocycles. The minimum Gasteiger partial charge on any atom is -0.422 e. The van der Waals surface area contributed by atoms with Gasteiger partial charge in [-0.1, -0.05) is 24.3 Å². The van der Waals surface area contributed by atoms with Crippen LogP contribution in [0.25, 0.3) is 21.9 Å². The lowest BCUT2D eigenvalue weighted by molar-refractivity contribution is 0.175. The van der Waals surface area contributed by atoms with Gasteiger partial charge in [-0.15, -0.1) is 4.73 Å². The molecule has 37 heavy (non-hydrogen) atoms. The second-order valence-electron chi connectivity index (χ2n) is 9.23. The Labute approximate surface area is 210 Å². The maximum Gasteiger partial charge on any atom is 0.295 e. The van der Waals surface area contributed by atoms with Gasteiger partial charge in [0.2, 0.25) is 11.9 Å². The summed E-state index contributed by atoms with van der Waals surface area (Å²) in [6, 6.07) is 18.2. The number of nitrogens with zero attached hydrogens (tertiary/aromatic N) is 5. The summed E-state index contributed by atoms with van der Waals surface area (Å²) in [5.74, 6) is 0.0437. The van der Waals surface area contributed by atoms with Crippen LogP contribution in [-0.2, 0) is 6.54 Å². The smallest absolute Gasteiger partial charge is 0.295 e. The number of rotatable bonds is 5. The Kier molecular flexibility index (Phi) is 5.71. The fraction of sp³-hybridized carbons (Fsp3) is 0.222. The number of anilines is 2. The summed E-state index contributed by atoms with van der Waals surface area (Å²) in [4.78, 5) is 23.6. The molecule has 3 aromatic carbocycles. The van der Waals surface area contributed by atoms with Crippen LogP contribution in [0.15, 0.2) is 71.5 Å². The molecule has 1 aliphatic heterocycles. The molecule has 5 aromatic rings. The Morgan fingerprint density at radius 1 is 0.919 bits per heavy atom. The zero-order valence-electron chi connectivity index (χ0n) is 19.8. The summed E-state index contributed by atoms with van der Waals surface area (Å²) in [6.07, 6.45) is 1.44. The van der Waals surface area contributed by atoms with Gasteiger partial charge < -0.3 is 20.0 Å². The van der Waals surface area contributed by atoms with Crippen LogP contribution >= 0.6 is 0 Å². The van der Waals surface area contributed by atoms with E-state index in [1.165, 1.54) is 24.3 Å². The van der Waals surface area contributed by atoms with Crippen LogP contribution in [0.1, 0.15) is 18.4 Å². The molecular weight excluding hydrogens is 478 g/mol. The third kappa shape index (κ3) is 4.35. The van der Waals surface area contributed by atoms with Crippen LogP contribution < -0.4 is 15.8 Å². The molecule has 0 atom stereocenters. The summed E-state index contributed by atoms with van der Waals surface area (Å²) >= 11 is 0. The van der Waals surface area contributed by atoms with E-state index in [-0.39, 0.29) is 23.2 Å². The molecule has 0 saturated carbocycles. The number of hydrogen-bond acceptors (Lipinski definition) is 6. The van der Waals surface area contributed by atoms with Crippen molar-refractivity contribution in [3.8, 4) is 0 Å². The van der Waals surface area contributed by atoms with Crippen LogP contribution in [-0.4, -0.2) is 43.6 Å². The van der Waals surface area contributed by atoms with Gasteiger partial charge in [0.15, 0.2) is 0 Å². The van der Waals surface area contributed by atoms with Crippen LogP contribution in [0.4, 0.5) is 20.7 Å². The van der Waals surface area contributed by atoms with Gasteiger partial charge in [-0.3, -0.25) is 4.79 Å². The van der Waals surface area contributed by atoms with Crippen molar-refractivity contribution in [2.24, 2.45) is 0 Å². The van der Waals surface area contributed by atoms with Gasteiger partial charge in [0.25, 0.3) is 5.56 Å². The highest BCUT2D eigenvalue weighted by Gasteiger charge is 2.25. The van der Waals surface area contributed by atoms with Crippen molar-refractivity contribution in [3.63, 3.8) is 0 Å². The number of imidazole rings is 1. The highest BCUT2D eigenvalue weighted by Crippen LogP contribution is 2.25. The lowest BCUT2D eigenvalue weighted by atomic mass is 10.1. The summed E-state index contributed by atoms with van der Waals surface area (Å²) in [6.45, 7) is 1.64. The van der Waals surface area contributed by atoms with E-state index in [1.54, 1.807) is 12.1 Å². The molecule has 1 saturated heterocycles. The number of halogens is 2. The van der Waals surface area contributed by atoms with Gasteiger partial charge in [-0.2, -0.15) is 0 Å². The van der Waals surface area contributed by atoms with E-state index in [1.807, 2.05) is 29.2 Å². The lowest BCUT2D eigenvalue weighted by Gasteiger charge is -2.33. The van der Waals surface area contributed by atoms with E-state index in [4.69, 9.17) is 4.98 Å². The average molecular weight is 503 g/mol. The zero-order chi connectivity index (χ0) is 25.5. The lowest BCUT2D eigenvalue weighted by Crippen LogP contribution is -2.42. The largest absolute Gasteiger partial charge is 0.422 e. The quantitative estimate of drug-likeness (QED) is 0.347. The third-order valence-corrected chi connectivity index (χ3v) is 6.81. The number of hydrogen-bond donors (Lipinski definition) is 2. The van der Waals surface area contributed by atoms with Gasteiger partial charge in [-0.25, -0.2) is 18.7 Å². The van der Waals surface area contributed by atoms with Crippen LogP contribution in [0.5, 0.6) is 0 Å². The van der Waals surface area contributed by atoms with E-state index in [9.17, 15) is 18.8 Å². The van der Waals surface area contributed by atoms with E-state index < -0.39 is 11.4 Å². The van der Waals surface area contributed by atoms with Gasteiger partial charge in [0, 0.05) is 19.1 Å². The molecule has 0 bridgehead atoms. The van der Waals surface area contributed by atoms with Crippen molar-refractivity contribution < 1.29 is 14.0 Å². The number of benzene rings is 3. The van der Waals surface area contributed by atoms with Crippen molar-refractivity contribution in [1.82, 2.24) is 19.3 Å². The third-order valence-electron chi connectivity index (χ3n) is 6.81. The first kappa shape index (κ1) is 23.0. The molecule has 0 spiro atoms. The number of piperidine rings is 1. The van der Waals surface area contributed by atoms with Gasteiger partial charge in [0.1, 0.15) is 11.6 Å². The molecule has 2 N–H and O–H groups in total. The van der Waals surface area contributed by atoms with Crippen LogP contribution in [0.2, 0.25) is 0 Å². The molecule has 8 nitrogen and oxygen atoms in total. The molecule has 6 rings (SSSR count). The summed E-state index contributed by atoms with van der Waals surface area (Å²) in [5, 5.41) is 14.0. The van der Waals surface area contributed by atoms with E-state index in [0.717, 1.165) is 41.5 Å². The minimum atomic E-state index is -0.700.